The summed E-state index contributed by atoms with van der Waals surface area (Å²) in [4.78, 5) is 17.2. The molecule has 2 heterocycles. The Balaban J connectivity index is 1.20. The Labute approximate surface area is 184 Å². The maximum Gasteiger partial charge on any atom is 0.410 e. The third-order valence-electron chi connectivity index (χ3n) is 5.43. The van der Waals surface area contributed by atoms with Crippen molar-refractivity contribution in [3.63, 3.8) is 0 Å². The Kier molecular flexibility index (Phi) is 6.74. The summed E-state index contributed by atoms with van der Waals surface area (Å²) >= 11 is -1.09. The molecule has 9 heteroatoms. The number of hydrogen-bond donors (Lipinski definition) is 1. The van der Waals surface area contributed by atoms with E-state index in [2.05, 4.69) is 26.4 Å². The molecule has 1 aliphatic heterocycles. The minimum atomic E-state index is -1.09. The van der Waals surface area contributed by atoms with Crippen LogP contribution < -0.4 is 0 Å². The smallest absolute Gasteiger partial charge is 0.410 e. The predicted octanol–water partition coefficient (Wildman–Crippen LogP) is 2.64. The SMILES string of the molecule is Cc1cc(C)cc(COC(=O)N2CCN(CC[S@@+]([O-])c3ccc4nn[nH]c4c3)CC2)c1. The molecule has 0 spiro atoms. The van der Waals surface area contributed by atoms with Crippen LogP contribution in [0.5, 0.6) is 0 Å². The van der Waals surface area contributed by atoms with E-state index in [-0.39, 0.29) is 12.7 Å². The van der Waals surface area contributed by atoms with E-state index in [9.17, 15) is 9.35 Å². The van der Waals surface area contributed by atoms with Crippen molar-refractivity contribution in [1.29, 1.82) is 0 Å². The molecule has 0 saturated carbocycles. The molecule has 0 bridgehead atoms. The first-order valence-corrected chi connectivity index (χ1v) is 11.7. The monoisotopic (exact) mass is 441 g/mol. The zero-order valence-corrected chi connectivity index (χ0v) is 18.7. The van der Waals surface area contributed by atoms with Gasteiger partial charge in [-0.25, -0.2) is 4.79 Å². The number of H-pyrrole nitrogens is 1. The fourth-order valence-electron chi connectivity index (χ4n) is 3.84. The number of rotatable bonds is 6. The van der Waals surface area contributed by atoms with E-state index in [1.54, 1.807) is 4.90 Å². The number of benzene rings is 2. The van der Waals surface area contributed by atoms with Crippen molar-refractivity contribution >= 4 is 28.3 Å². The van der Waals surface area contributed by atoms with Crippen molar-refractivity contribution in [1.82, 2.24) is 25.2 Å². The highest BCUT2D eigenvalue weighted by molar-refractivity contribution is 7.91. The zero-order valence-electron chi connectivity index (χ0n) is 17.8. The fraction of sp³-hybridized carbons (Fsp3) is 0.409. The van der Waals surface area contributed by atoms with E-state index in [1.807, 2.05) is 44.2 Å². The number of aromatic amines is 1. The van der Waals surface area contributed by atoms with Gasteiger partial charge < -0.3 is 14.2 Å². The maximum atomic E-state index is 12.6. The van der Waals surface area contributed by atoms with Crippen LogP contribution in [0.1, 0.15) is 16.7 Å². The number of carbonyl (C=O) groups is 1. The van der Waals surface area contributed by atoms with E-state index in [4.69, 9.17) is 4.74 Å². The van der Waals surface area contributed by atoms with Crippen molar-refractivity contribution < 1.29 is 14.1 Å². The Morgan fingerprint density at radius 2 is 1.87 bits per heavy atom. The van der Waals surface area contributed by atoms with Gasteiger partial charge in [-0.2, -0.15) is 0 Å². The van der Waals surface area contributed by atoms with E-state index in [0.717, 1.165) is 41.1 Å². The summed E-state index contributed by atoms with van der Waals surface area (Å²) in [7, 11) is 0. The van der Waals surface area contributed by atoms with Gasteiger partial charge in [0.1, 0.15) is 17.9 Å². The van der Waals surface area contributed by atoms with Crippen LogP contribution in [0.2, 0.25) is 0 Å². The number of piperazine rings is 1. The van der Waals surface area contributed by atoms with Crippen LogP contribution in [0.3, 0.4) is 0 Å². The summed E-state index contributed by atoms with van der Waals surface area (Å²) in [6.07, 6.45) is -0.274. The molecule has 1 saturated heterocycles. The molecule has 1 fully saturated rings. The number of amides is 1. The van der Waals surface area contributed by atoms with Gasteiger partial charge in [0.25, 0.3) is 0 Å². The zero-order chi connectivity index (χ0) is 21.8. The van der Waals surface area contributed by atoms with Crippen LogP contribution in [0.15, 0.2) is 41.3 Å². The van der Waals surface area contributed by atoms with Crippen LogP contribution in [0, 0.1) is 13.8 Å². The summed E-state index contributed by atoms with van der Waals surface area (Å²) in [6, 6.07) is 11.7. The van der Waals surface area contributed by atoms with Crippen molar-refractivity contribution in [3.8, 4) is 0 Å². The lowest BCUT2D eigenvalue weighted by Crippen LogP contribution is -2.49. The van der Waals surface area contributed by atoms with E-state index in [1.165, 1.54) is 11.1 Å². The Morgan fingerprint density at radius 3 is 2.61 bits per heavy atom. The molecule has 31 heavy (non-hydrogen) atoms. The van der Waals surface area contributed by atoms with E-state index < -0.39 is 11.2 Å². The molecule has 1 N–H and O–H groups in total. The van der Waals surface area contributed by atoms with Crippen molar-refractivity contribution in [2.45, 2.75) is 25.3 Å². The van der Waals surface area contributed by atoms with Gasteiger partial charge in [-0.1, -0.05) is 34.5 Å². The van der Waals surface area contributed by atoms with Crippen LogP contribution in [-0.2, 0) is 22.5 Å². The Morgan fingerprint density at radius 1 is 1.13 bits per heavy atom. The van der Waals surface area contributed by atoms with Gasteiger partial charge in [0.2, 0.25) is 0 Å². The highest BCUT2D eigenvalue weighted by Gasteiger charge is 2.23. The van der Waals surface area contributed by atoms with Gasteiger partial charge in [0.15, 0.2) is 4.90 Å². The van der Waals surface area contributed by atoms with Crippen LogP contribution in [0.25, 0.3) is 11.0 Å². The van der Waals surface area contributed by atoms with Crippen LogP contribution in [-0.4, -0.2) is 74.3 Å². The molecular weight excluding hydrogens is 414 g/mol. The topological polar surface area (TPSA) is 97.4 Å². The number of fused-ring (bicyclic) bond motifs is 1. The normalized spacial score (nSPS) is 15.9. The van der Waals surface area contributed by atoms with Crippen molar-refractivity contribution in [2.24, 2.45) is 0 Å². The third kappa shape index (κ3) is 5.55. The van der Waals surface area contributed by atoms with Crippen LogP contribution >= 0.6 is 0 Å². The van der Waals surface area contributed by atoms with E-state index in [0.29, 0.717) is 18.8 Å². The second-order valence-corrected chi connectivity index (χ2v) is 9.49. The van der Waals surface area contributed by atoms with Gasteiger partial charge in [-0.15, -0.1) is 5.10 Å². The molecule has 0 aliphatic carbocycles. The minimum Gasteiger partial charge on any atom is -0.611 e. The molecule has 4 rings (SSSR count). The highest BCUT2D eigenvalue weighted by atomic mass is 32.2. The Hall–Kier alpha value is -2.62. The first-order valence-electron chi connectivity index (χ1n) is 10.4. The molecule has 3 aromatic rings. The average Bonchev–Trinajstić information content (AvgIpc) is 3.23. The highest BCUT2D eigenvalue weighted by Crippen LogP contribution is 2.17. The summed E-state index contributed by atoms with van der Waals surface area (Å²) in [6.45, 7) is 7.82. The average molecular weight is 442 g/mol. The quantitative estimate of drug-likeness (QED) is 0.591. The molecule has 0 unspecified atom stereocenters. The predicted molar refractivity (Wildman–Crippen MR) is 119 cm³/mol. The lowest BCUT2D eigenvalue weighted by atomic mass is 10.1. The second-order valence-electron chi connectivity index (χ2n) is 7.92. The summed E-state index contributed by atoms with van der Waals surface area (Å²) < 4.78 is 18.1. The van der Waals surface area contributed by atoms with Crippen molar-refractivity contribution in [3.05, 3.63) is 53.1 Å². The number of nitrogens with zero attached hydrogens (tertiary/aromatic N) is 4. The van der Waals surface area contributed by atoms with Gasteiger partial charge in [-0.05, 0) is 42.7 Å². The molecule has 1 amide bonds. The summed E-state index contributed by atoms with van der Waals surface area (Å²) in [5.74, 6) is 0.546. The molecule has 1 aliphatic rings. The number of nitrogens with one attached hydrogen (secondary N) is 1. The molecule has 8 nitrogen and oxygen atoms in total. The third-order valence-corrected chi connectivity index (χ3v) is 6.76. The molecule has 2 aromatic carbocycles. The first-order chi connectivity index (χ1) is 15.0. The fourth-order valence-corrected chi connectivity index (χ4v) is 4.97. The number of aromatic nitrogens is 3. The molecule has 1 aromatic heterocycles. The van der Waals surface area contributed by atoms with Gasteiger partial charge in [0, 0.05) is 38.8 Å². The van der Waals surface area contributed by atoms with Gasteiger partial charge in [-0.3, -0.25) is 10.00 Å². The number of carbonyl (C=O) groups excluding carboxylic acids is 1. The second kappa shape index (κ2) is 9.67. The molecule has 0 radical (unpaired) electrons. The van der Waals surface area contributed by atoms with Crippen molar-refractivity contribution in [2.75, 3.05) is 38.5 Å². The van der Waals surface area contributed by atoms with E-state index >= 15 is 0 Å². The standard InChI is InChI=1S/C22H27N5O3S/c1-16-11-17(2)13-18(12-16)15-30-22(28)27-7-5-26(6-8-27)9-10-31(29)19-3-4-20-21(14-19)24-25-23-20/h3-4,11-14H,5-10,15H2,1-2H3,(H,23,24,25)/t31-/m1/s1. The largest absolute Gasteiger partial charge is 0.611 e. The molecule has 164 valence electrons. The minimum absolute atomic E-state index is 0.274. The van der Waals surface area contributed by atoms with Gasteiger partial charge in [0.05, 0.1) is 5.52 Å². The Bertz CT molecular complexity index is 1030. The lowest BCUT2D eigenvalue weighted by molar-refractivity contribution is 0.0730. The molecular formula is C22H27N5O3S. The lowest BCUT2D eigenvalue weighted by Gasteiger charge is -2.33. The number of aryl methyl sites for hydroxylation is 2. The molecule has 1 atom stereocenters. The number of hydrogen-bond acceptors (Lipinski definition) is 6. The van der Waals surface area contributed by atoms with Crippen LogP contribution in [0.4, 0.5) is 4.79 Å². The summed E-state index contributed by atoms with van der Waals surface area (Å²) in [5, 5.41) is 10.5. The first kappa shape index (κ1) is 21.6. The summed E-state index contributed by atoms with van der Waals surface area (Å²) in [5.41, 5.74) is 4.90. The van der Waals surface area contributed by atoms with Gasteiger partial charge >= 0.3 is 6.09 Å². The number of ether oxygens (including phenoxy) is 1. The maximum absolute atomic E-state index is 12.6.